The fraction of sp³-hybridized carbons (Fsp3) is 0.562. The van der Waals surface area contributed by atoms with E-state index in [-0.39, 0.29) is 0 Å². The number of benzene rings is 1. The number of quaternary nitrogens is 1. The van der Waals surface area contributed by atoms with Gasteiger partial charge >= 0.3 is 0 Å². The molecule has 0 radical (unpaired) electrons. The Morgan fingerprint density at radius 2 is 2.29 bits per heavy atom. The summed E-state index contributed by atoms with van der Waals surface area (Å²) in [6.07, 6.45) is 0.339. The maximum Gasteiger partial charge on any atom is 0.166 e. The van der Waals surface area contributed by atoms with Gasteiger partial charge in [-0.3, -0.25) is 0 Å². The molecule has 1 aromatic heterocycles. The second kappa shape index (κ2) is 6.81. The number of para-hydroxylation sites is 2. The van der Waals surface area contributed by atoms with Crippen molar-refractivity contribution in [2.45, 2.75) is 25.1 Å². The molecule has 2 atom stereocenters. The SMILES string of the molecule is CC(C)C[NH+]1CCO[C@@H](CSc2nc3ccccc3[nH]2)C1. The highest BCUT2D eigenvalue weighted by Gasteiger charge is 2.24. The number of fused-ring (bicyclic) bond motifs is 1. The van der Waals surface area contributed by atoms with E-state index in [1.807, 2.05) is 18.2 Å². The smallest absolute Gasteiger partial charge is 0.166 e. The molecule has 0 amide bonds. The first-order chi connectivity index (χ1) is 10.2. The molecule has 114 valence electrons. The minimum Gasteiger partial charge on any atom is -0.366 e. The number of thioether (sulfide) groups is 1. The van der Waals surface area contributed by atoms with Gasteiger partial charge in [-0.15, -0.1) is 0 Å². The molecule has 1 unspecified atom stereocenters. The zero-order valence-corrected chi connectivity index (χ0v) is 13.6. The molecule has 4 nitrogen and oxygen atoms in total. The van der Waals surface area contributed by atoms with Gasteiger partial charge in [0.05, 0.1) is 24.2 Å². The summed E-state index contributed by atoms with van der Waals surface area (Å²) in [7, 11) is 0. The summed E-state index contributed by atoms with van der Waals surface area (Å²) in [4.78, 5) is 9.65. The van der Waals surface area contributed by atoms with Crippen molar-refractivity contribution >= 4 is 22.8 Å². The number of nitrogens with one attached hydrogen (secondary N) is 2. The molecule has 1 saturated heterocycles. The molecule has 5 heteroatoms. The third kappa shape index (κ3) is 3.99. The summed E-state index contributed by atoms with van der Waals surface area (Å²) in [6.45, 7) is 8.97. The van der Waals surface area contributed by atoms with E-state index in [1.165, 1.54) is 6.54 Å². The van der Waals surface area contributed by atoms with Crippen LogP contribution in [0.4, 0.5) is 0 Å². The van der Waals surface area contributed by atoms with E-state index < -0.39 is 0 Å². The Hall–Kier alpha value is -1.04. The fourth-order valence-electron chi connectivity index (χ4n) is 2.89. The zero-order valence-electron chi connectivity index (χ0n) is 12.8. The Bertz CT molecular complexity index is 551. The van der Waals surface area contributed by atoms with Gasteiger partial charge in [-0.25, -0.2) is 4.98 Å². The van der Waals surface area contributed by atoms with Crippen LogP contribution in [-0.4, -0.2) is 48.1 Å². The van der Waals surface area contributed by atoms with Gasteiger partial charge in [-0.05, 0) is 12.1 Å². The number of aromatic amines is 1. The molecule has 0 spiro atoms. The molecular formula is C16H24N3OS+. The molecule has 2 N–H and O–H groups in total. The van der Waals surface area contributed by atoms with Crippen LogP contribution in [0, 0.1) is 5.92 Å². The fourth-order valence-corrected chi connectivity index (χ4v) is 3.80. The largest absolute Gasteiger partial charge is 0.366 e. The molecule has 1 aliphatic heterocycles. The number of imidazole rings is 1. The number of morpholine rings is 1. The maximum atomic E-state index is 5.90. The summed E-state index contributed by atoms with van der Waals surface area (Å²) >= 11 is 1.77. The van der Waals surface area contributed by atoms with Crippen molar-refractivity contribution in [2.75, 3.05) is 32.0 Å². The molecule has 2 heterocycles. The van der Waals surface area contributed by atoms with Gasteiger partial charge < -0.3 is 14.6 Å². The lowest BCUT2D eigenvalue weighted by molar-refractivity contribution is -0.914. The van der Waals surface area contributed by atoms with E-state index >= 15 is 0 Å². The lowest BCUT2D eigenvalue weighted by atomic mass is 10.2. The van der Waals surface area contributed by atoms with E-state index in [4.69, 9.17) is 4.74 Å². The predicted octanol–water partition coefficient (Wildman–Crippen LogP) is 1.59. The van der Waals surface area contributed by atoms with Crippen molar-refractivity contribution in [3.8, 4) is 0 Å². The second-order valence-corrected chi connectivity index (χ2v) is 7.17. The quantitative estimate of drug-likeness (QED) is 0.825. The third-order valence-corrected chi connectivity index (χ3v) is 4.80. The van der Waals surface area contributed by atoms with E-state index in [0.29, 0.717) is 6.10 Å². The van der Waals surface area contributed by atoms with Crippen LogP contribution in [0.15, 0.2) is 29.4 Å². The monoisotopic (exact) mass is 306 g/mol. The Morgan fingerprint density at radius 3 is 3.10 bits per heavy atom. The molecule has 21 heavy (non-hydrogen) atoms. The first-order valence-corrected chi connectivity index (χ1v) is 8.72. The van der Waals surface area contributed by atoms with Crippen LogP contribution in [0.1, 0.15) is 13.8 Å². The molecule has 1 aromatic carbocycles. The van der Waals surface area contributed by atoms with E-state index in [2.05, 4.69) is 29.9 Å². The highest BCUT2D eigenvalue weighted by atomic mass is 32.2. The number of H-pyrrole nitrogens is 1. The summed E-state index contributed by atoms with van der Waals surface area (Å²) < 4.78 is 5.90. The second-order valence-electron chi connectivity index (χ2n) is 6.17. The summed E-state index contributed by atoms with van der Waals surface area (Å²) in [5, 5.41) is 0.996. The van der Waals surface area contributed by atoms with Crippen molar-refractivity contribution in [1.29, 1.82) is 0 Å². The first kappa shape index (κ1) is 14.9. The summed E-state index contributed by atoms with van der Waals surface area (Å²) in [5.74, 6) is 1.73. The van der Waals surface area contributed by atoms with Crippen LogP contribution in [0.25, 0.3) is 11.0 Å². The van der Waals surface area contributed by atoms with Gasteiger partial charge in [0.1, 0.15) is 19.2 Å². The molecule has 0 aliphatic carbocycles. The molecule has 1 aliphatic rings. The highest BCUT2D eigenvalue weighted by molar-refractivity contribution is 7.99. The lowest BCUT2D eigenvalue weighted by Crippen LogP contribution is -3.15. The minimum atomic E-state index is 0.339. The van der Waals surface area contributed by atoms with Crippen LogP contribution < -0.4 is 4.90 Å². The number of hydrogen-bond acceptors (Lipinski definition) is 3. The third-order valence-electron chi connectivity index (χ3n) is 3.80. The summed E-state index contributed by atoms with van der Waals surface area (Å²) in [6, 6.07) is 8.17. The van der Waals surface area contributed by atoms with Crippen LogP contribution in [0.2, 0.25) is 0 Å². The number of ether oxygens (including phenoxy) is 1. The zero-order chi connectivity index (χ0) is 14.7. The summed E-state index contributed by atoms with van der Waals surface area (Å²) in [5.41, 5.74) is 2.15. The van der Waals surface area contributed by atoms with Crippen molar-refractivity contribution in [3.63, 3.8) is 0 Å². The standard InChI is InChI=1S/C16H23N3OS/c1-12(2)9-19-7-8-20-13(10-19)11-21-16-17-14-5-3-4-6-15(14)18-16/h3-6,12-13H,7-11H2,1-2H3,(H,17,18)/p+1/t13-/m1/s1. The molecule has 0 bridgehead atoms. The van der Waals surface area contributed by atoms with Gasteiger partial charge in [0.2, 0.25) is 0 Å². The Morgan fingerprint density at radius 1 is 1.43 bits per heavy atom. The number of nitrogens with zero attached hydrogens (tertiary/aromatic N) is 1. The predicted molar refractivity (Wildman–Crippen MR) is 87.0 cm³/mol. The van der Waals surface area contributed by atoms with Gasteiger partial charge in [-0.1, -0.05) is 37.7 Å². The Kier molecular flexibility index (Phi) is 4.83. The Labute approximate surface area is 130 Å². The van der Waals surface area contributed by atoms with Crippen molar-refractivity contribution in [2.24, 2.45) is 5.92 Å². The Balaban J connectivity index is 1.54. The van der Waals surface area contributed by atoms with Crippen LogP contribution in [-0.2, 0) is 4.74 Å². The molecule has 0 saturated carbocycles. The average molecular weight is 306 g/mol. The molecular weight excluding hydrogens is 282 g/mol. The molecule has 2 aromatic rings. The van der Waals surface area contributed by atoms with E-state index in [0.717, 1.165) is 47.6 Å². The molecule has 1 fully saturated rings. The first-order valence-electron chi connectivity index (χ1n) is 7.73. The van der Waals surface area contributed by atoms with E-state index in [1.54, 1.807) is 16.7 Å². The number of aromatic nitrogens is 2. The van der Waals surface area contributed by atoms with Crippen LogP contribution >= 0.6 is 11.8 Å². The van der Waals surface area contributed by atoms with Gasteiger partial charge in [0, 0.05) is 11.7 Å². The van der Waals surface area contributed by atoms with Crippen molar-refractivity contribution in [1.82, 2.24) is 9.97 Å². The van der Waals surface area contributed by atoms with Crippen molar-refractivity contribution in [3.05, 3.63) is 24.3 Å². The lowest BCUT2D eigenvalue weighted by Gasteiger charge is -2.30. The maximum absolute atomic E-state index is 5.90. The van der Waals surface area contributed by atoms with Crippen LogP contribution in [0.5, 0.6) is 0 Å². The van der Waals surface area contributed by atoms with Gasteiger partial charge in [0.15, 0.2) is 5.16 Å². The van der Waals surface area contributed by atoms with E-state index in [9.17, 15) is 0 Å². The average Bonchev–Trinajstić information content (AvgIpc) is 2.87. The van der Waals surface area contributed by atoms with Gasteiger partial charge in [0.25, 0.3) is 0 Å². The topological polar surface area (TPSA) is 42.4 Å². The number of hydrogen-bond donors (Lipinski definition) is 2. The van der Waals surface area contributed by atoms with Crippen LogP contribution in [0.3, 0.4) is 0 Å². The number of rotatable bonds is 5. The highest BCUT2D eigenvalue weighted by Crippen LogP contribution is 2.20. The minimum absolute atomic E-state index is 0.339. The van der Waals surface area contributed by atoms with Gasteiger partial charge in [-0.2, -0.15) is 0 Å². The molecule has 3 rings (SSSR count). The normalized spacial score (nSPS) is 23.0. The van der Waals surface area contributed by atoms with Crippen molar-refractivity contribution < 1.29 is 9.64 Å².